The van der Waals surface area contributed by atoms with E-state index in [1.165, 1.54) is 116 Å². The Kier molecular flexibility index (Phi) is 44.9. The number of allylic oxidation sites excluding steroid dienone is 12. The maximum atomic E-state index is 12.7. The molecule has 0 aliphatic heterocycles. The molecular weight excluding hydrogens is 806 g/mol. The lowest BCUT2D eigenvalue weighted by Gasteiger charge is -2.28. The zero-order chi connectivity index (χ0) is 46.2. The number of esters is 1. The Bertz CT molecular complexity index is 1230. The van der Waals surface area contributed by atoms with E-state index in [0.717, 1.165) is 70.6 Å². The average Bonchev–Trinajstić information content (AvgIpc) is 3.24. The van der Waals surface area contributed by atoms with E-state index < -0.39 is 13.9 Å². The van der Waals surface area contributed by atoms with Gasteiger partial charge in [0, 0.05) is 13.0 Å². The van der Waals surface area contributed by atoms with Crippen LogP contribution in [0.25, 0.3) is 0 Å². The van der Waals surface area contributed by atoms with Gasteiger partial charge in [-0.05, 0) is 83.5 Å². The first kappa shape index (κ1) is 60.9. The van der Waals surface area contributed by atoms with Gasteiger partial charge in [-0.15, -0.1) is 0 Å². The Morgan fingerprint density at radius 3 is 1.38 bits per heavy atom. The maximum absolute atomic E-state index is 12.7. The molecule has 63 heavy (non-hydrogen) atoms. The normalized spacial score (nSPS) is 14.2. The molecule has 0 spiro atoms. The predicted molar refractivity (Wildman–Crippen MR) is 268 cm³/mol. The Balaban J connectivity index is 4.14. The summed E-state index contributed by atoms with van der Waals surface area (Å²) in [5, 5.41) is 0. The van der Waals surface area contributed by atoms with Gasteiger partial charge in [-0.3, -0.25) is 9.36 Å². The Labute approximate surface area is 389 Å². The highest BCUT2D eigenvalue weighted by atomic mass is 31.2. The number of rotatable bonds is 47. The quantitative estimate of drug-likeness (QED) is 0.0197. The van der Waals surface area contributed by atoms with E-state index in [0.29, 0.717) is 24.1 Å². The van der Waals surface area contributed by atoms with Crippen molar-refractivity contribution in [2.45, 2.75) is 213 Å². The molecule has 0 aliphatic carbocycles. The van der Waals surface area contributed by atoms with Gasteiger partial charge in [-0.1, -0.05) is 189 Å². The van der Waals surface area contributed by atoms with Crippen molar-refractivity contribution in [3.8, 4) is 0 Å². The van der Waals surface area contributed by atoms with Crippen LogP contribution in [-0.4, -0.2) is 70.7 Å². The van der Waals surface area contributed by atoms with E-state index in [2.05, 4.69) is 86.8 Å². The van der Waals surface area contributed by atoms with Crippen LogP contribution in [0.3, 0.4) is 0 Å². The molecule has 0 bridgehead atoms. The van der Waals surface area contributed by atoms with Gasteiger partial charge in [-0.2, -0.15) is 0 Å². The highest BCUT2D eigenvalue weighted by Crippen LogP contribution is 2.38. The SMILES string of the molecule is CC/C=C\C/C=C\C/C=C\C/C=C\CCCCCCCCCCCCCOCC(COP(=O)([O-])OCC[N+](C)(C)C)OC(=O)CCCCCCCCC/C=C\C/C=C\CCCCC. The third kappa shape index (κ3) is 50.8. The molecular formula is C54H98NO7P. The molecule has 0 saturated heterocycles. The zero-order valence-corrected chi connectivity index (χ0v) is 42.4. The molecule has 0 N–H and O–H groups in total. The number of likely N-dealkylation sites (N-methyl/N-ethyl adjacent to an activating group) is 1. The minimum atomic E-state index is -4.54. The number of hydrogen-bond acceptors (Lipinski definition) is 7. The molecule has 0 rings (SSSR count). The van der Waals surface area contributed by atoms with Crippen LogP contribution in [0.4, 0.5) is 0 Å². The van der Waals surface area contributed by atoms with Gasteiger partial charge in [0.05, 0.1) is 34.4 Å². The lowest BCUT2D eigenvalue weighted by molar-refractivity contribution is -0.870. The minimum Gasteiger partial charge on any atom is -0.756 e. The van der Waals surface area contributed by atoms with Crippen molar-refractivity contribution in [2.24, 2.45) is 0 Å². The number of nitrogens with zero attached hydrogens (tertiary/aromatic N) is 1. The van der Waals surface area contributed by atoms with Crippen molar-refractivity contribution in [3.63, 3.8) is 0 Å². The van der Waals surface area contributed by atoms with Crippen LogP contribution < -0.4 is 4.89 Å². The molecule has 8 nitrogen and oxygen atoms in total. The van der Waals surface area contributed by atoms with E-state index in [4.69, 9.17) is 18.5 Å². The van der Waals surface area contributed by atoms with Crippen LogP contribution >= 0.6 is 7.82 Å². The molecule has 9 heteroatoms. The fourth-order valence-corrected chi connectivity index (χ4v) is 7.53. The summed E-state index contributed by atoms with van der Waals surface area (Å²) in [6.45, 7) is 5.26. The molecule has 0 aromatic heterocycles. The van der Waals surface area contributed by atoms with Gasteiger partial charge in [0.1, 0.15) is 19.3 Å². The molecule has 2 unspecified atom stereocenters. The number of quaternary nitrogens is 1. The van der Waals surface area contributed by atoms with Crippen molar-refractivity contribution < 1.29 is 37.3 Å². The fourth-order valence-electron chi connectivity index (χ4n) is 6.80. The van der Waals surface area contributed by atoms with Crippen molar-refractivity contribution in [1.29, 1.82) is 0 Å². The minimum absolute atomic E-state index is 0.0210. The standard InChI is InChI=1S/C54H98NO7P/c1-6-8-10-12-14-16-18-20-22-24-25-26-27-28-29-30-32-34-36-38-40-42-44-46-49-59-51-53(52-61-63(57,58)60-50-48-55(3,4)5)62-54(56)47-45-43-41-39-37-35-33-31-23-21-19-17-15-13-11-9-7-2/h8,10,14-17,20-23,25-26,53H,6-7,9,11-13,18-19,24,27-52H2,1-5H3/b10-8-,16-14-,17-15-,22-20-,23-21-,26-25-. The highest BCUT2D eigenvalue weighted by Gasteiger charge is 2.20. The van der Waals surface area contributed by atoms with Gasteiger partial charge in [0.25, 0.3) is 7.82 Å². The van der Waals surface area contributed by atoms with Crippen LogP contribution in [0.15, 0.2) is 72.9 Å². The van der Waals surface area contributed by atoms with Crippen molar-refractivity contribution in [1.82, 2.24) is 0 Å². The van der Waals surface area contributed by atoms with Gasteiger partial charge < -0.3 is 27.9 Å². The van der Waals surface area contributed by atoms with E-state index in [1.54, 1.807) is 0 Å². The Morgan fingerprint density at radius 1 is 0.508 bits per heavy atom. The van der Waals surface area contributed by atoms with Crippen molar-refractivity contribution in [2.75, 3.05) is 54.1 Å². The lowest BCUT2D eigenvalue weighted by atomic mass is 10.1. The third-order valence-corrected chi connectivity index (χ3v) is 11.7. The number of phosphoric ester groups is 1. The van der Waals surface area contributed by atoms with Crippen LogP contribution in [0.1, 0.15) is 206 Å². The largest absolute Gasteiger partial charge is 0.756 e. The third-order valence-electron chi connectivity index (χ3n) is 10.7. The number of carbonyl (C=O) groups excluding carboxylic acids is 1. The van der Waals surface area contributed by atoms with Crippen LogP contribution in [0.5, 0.6) is 0 Å². The van der Waals surface area contributed by atoms with E-state index in [-0.39, 0.29) is 25.8 Å². The van der Waals surface area contributed by atoms with Gasteiger partial charge in [0.2, 0.25) is 0 Å². The number of phosphoric acid groups is 1. The van der Waals surface area contributed by atoms with E-state index >= 15 is 0 Å². The summed E-state index contributed by atoms with van der Waals surface area (Å²) in [4.78, 5) is 25.2. The molecule has 0 heterocycles. The van der Waals surface area contributed by atoms with Gasteiger partial charge in [0.15, 0.2) is 0 Å². The van der Waals surface area contributed by atoms with Crippen LogP contribution in [0, 0.1) is 0 Å². The second kappa shape index (κ2) is 46.5. The van der Waals surface area contributed by atoms with Crippen LogP contribution in [0.2, 0.25) is 0 Å². The first-order valence-corrected chi connectivity index (χ1v) is 27.1. The zero-order valence-electron chi connectivity index (χ0n) is 41.5. The van der Waals surface area contributed by atoms with Crippen LogP contribution in [-0.2, 0) is 27.9 Å². The molecule has 0 aromatic rings. The first-order chi connectivity index (χ1) is 30.6. The fraction of sp³-hybridized carbons (Fsp3) is 0.759. The first-order valence-electron chi connectivity index (χ1n) is 25.7. The highest BCUT2D eigenvalue weighted by molar-refractivity contribution is 7.45. The second-order valence-corrected chi connectivity index (χ2v) is 19.6. The molecule has 366 valence electrons. The molecule has 0 aliphatic rings. The van der Waals surface area contributed by atoms with E-state index in [1.807, 2.05) is 21.1 Å². The Hall–Kier alpha value is -2.06. The summed E-state index contributed by atoms with van der Waals surface area (Å²) in [7, 11) is 1.34. The number of hydrogen-bond donors (Lipinski definition) is 0. The summed E-state index contributed by atoms with van der Waals surface area (Å²) in [6.07, 6.45) is 60.6. The topological polar surface area (TPSA) is 94.1 Å². The molecule has 2 atom stereocenters. The Morgan fingerprint density at radius 2 is 0.921 bits per heavy atom. The molecule has 0 amide bonds. The summed E-state index contributed by atoms with van der Waals surface area (Å²) < 4.78 is 34.7. The van der Waals surface area contributed by atoms with Crippen molar-refractivity contribution >= 4 is 13.8 Å². The van der Waals surface area contributed by atoms with Gasteiger partial charge >= 0.3 is 5.97 Å². The maximum Gasteiger partial charge on any atom is 0.306 e. The smallest absolute Gasteiger partial charge is 0.306 e. The van der Waals surface area contributed by atoms with Crippen molar-refractivity contribution in [3.05, 3.63) is 72.9 Å². The summed E-state index contributed by atoms with van der Waals surface area (Å²) in [5.41, 5.74) is 0. The number of carbonyl (C=O) groups is 1. The summed E-state index contributed by atoms with van der Waals surface area (Å²) in [6, 6.07) is 0. The summed E-state index contributed by atoms with van der Waals surface area (Å²) in [5.74, 6) is -0.344. The number of unbranched alkanes of at least 4 members (excludes halogenated alkanes) is 21. The number of ether oxygens (including phenoxy) is 2. The predicted octanol–water partition coefficient (Wildman–Crippen LogP) is 15.2. The second-order valence-electron chi connectivity index (χ2n) is 18.1. The van der Waals surface area contributed by atoms with Gasteiger partial charge in [-0.25, -0.2) is 0 Å². The lowest BCUT2D eigenvalue weighted by Crippen LogP contribution is -2.37. The molecule has 0 fully saturated rings. The van der Waals surface area contributed by atoms with E-state index in [9.17, 15) is 14.3 Å². The average molecular weight is 904 g/mol. The molecule has 0 radical (unpaired) electrons. The monoisotopic (exact) mass is 904 g/mol. The molecule has 0 saturated carbocycles. The summed E-state index contributed by atoms with van der Waals surface area (Å²) >= 11 is 0. The molecule has 0 aromatic carbocycles.